The molecule has 1 aromatic rings. The lowest BCUT2D eigenvalue weighted by molar-refractivity contribution is -0.109. The normalized spacial score (nSPS) is 25.9. The number of hydrogen-bond acceptors (Lipinski definition) is 3. The summed E-state index contributed by atoms with van der Waals surface area (Å²) in [5.74, 6) is 2.63. The molecule has 74 valence electrons. The quantitative estimate of drug-likeness (QED) is 0.660. The monoisotopic (exact) mass is 191 g/mol. The topological polar surface area (TPSA) is 47.8 Å². The Morgan fingerprint density at radius 3 is 2.71 bits per heavy atom. The van der Waals surface area contributed by atoms with Gasteiger partial charge in [-0.05, 0) is 25.7 Å². The molecule has 0 saturated heterocycles. The van der Waals surface area contributed by atoms with Gasteiger partial charge < -0.3 is 9.36 Å². The summed E-state index contributed by atoms with van der Waals surface area (Å²) in [5, 5.41) is 8.36. The van der Waals surface area contributed by atoms with Crippen LogP contribution in [0.2, 0.25) is 0 Å². The minimum atomic E-state index is -0.0104. The number of aldehydes is 1. The molecule has 0 bridgehead atoms. The first-order valence-corrected chi connectivity index (χ1v) is 5.28. The second kappa shape index (κ2) is 2.90. The third-order valence-electron chi connectivity index (χ3n) is 3.14. The predicted octanol–water partition coefficient (Wildman–Crippen LogP) is 1.23. The van der Waals surface area contributed by atoms with E-state index in [0.717, 1.165) is 37.3 Å². The second-order valence-electron chi connectivity index (χ2n) is 4.23. The summed E-state index contributed by atoms with van der Waals surface area (Å²) in [6, 6.07) is 0. The summed E-state index contributed by atoms with van der Waals surface area (Å²) in [4.78, 5) is 10.8. The van der Waals surface area contributed by atoms with Crippen LogP contribution >= 0.6 is 0 Å². The molecule has 14 heavy (non-hydrogen) atoms. The van der Waals surface area contributed by atoms with Gasteiger partial charge in [0, 0.05) is 12.5 Å². The Bertz CT molecular complexity index is 367. The predicted molar refractivity (Wildman–Crippen MR) is 50.0 cm³/mol. The first-order valence-electron chi connectivity index (χ1n) is 5.28. The van der Waals surface area contributed by atoms with Gasteiger partial charge in [0.15, 0.2) is 0 Å². The van der Waals surface area contributed by atoms with Crippen LogP contribution < -0.4 is 0 Å². The van der Waals surface area contributed by atoms with Gasteiger partial charge >= 0.3 is 0 Å². The van der Waals surface area contributed by atoms with Crippen LogP contribution in [0.25, 0.3) is 0 Å². The summed E-state index contributed by atoms with van der Waals surface area (Å²) in [6.45, 7) is 0.999. The summed E-state index contributed by atoms with van der Waals surface area (Å²) in [7, 11) is 0. The minimum Gasteiger partial charge on any atom is -0.314 e. The number of carbonyl (C=O) groups is 1. The number of rotatable bonds is 2. The summed E-state index contributed by atoms with van der Waals surface area (Å²) < 4.78 is 2.17. The Hall–Kier alpha value is -1.19. The van der Waals surface area contributed by atoms with Gasteiger partial charge in [0.1, 0.15) is 17.9 Å². The first-order chi connectivity index (χ1) is 6.90. The van der Waals surface area contributed by atoms with Crippen LogP contribution in [-0.2, 0) is 11.3 Å². The Kier molecular flexibility index (Phi) is 1.69. The molecule has 1 atom stereocenters. The van der Waals surface area contributed by atoms with Crippen LogP contribution in [0.4, 0.5) is 0 Å². The van der Waals surface area contributed by atoms with Crippen LogP contribution in [0.15, 0.2) is 0 Å². The van der Waals surface area contributed by atoms with Crippen molar-refractivity contribution >= 4 is 6.29 Å². The van der Waals surface area contributed by atoms with Gasteiger partial charge in [-0.2, -0.15) is 0 Å². The highest BCUT2D eigenvalue weighted by Crippen LogP contribution is 2.40. The maximum atomic E-state index is 10.8. The van der Waals surface area contributed by atoms with Gasteiger partial charge in [-0.25, -0.2) is 0 Å². The van der Waals surface area contributed by atoms with Gasteiger partial charge in [-0.1, -0.05) is 0 Å². The molecule has 4 heteroatoms. The van der Waals surface area contributed by atoms with E-state index in [1.54, 1.807) is 0 Å². The third kappa shape index (κ3) is 1.10. The van der Waals surface area contributed by atoms with Gasteiger partial charge in [-0.3, -0.25) is 0 Å². The van der Waals surface area contributed by atoms with Crippen molar-refractivity contribution in [3.8, 4) is 0 Å². The molecular weight excluding hydrogens is 178 g/mol. The van der Waals surface area contributed by atoms with E-state index in [-0.39, 0.29) is 5.92 Å². The van der Waals surface area contributed by atoms with Crippen molar-refractivity contribution < 1.29 is 4.79 Å². The van der Waals surface area contributed by atoms with Crippen LogP contribution in [-0.4, -0.2) is 21.1 Å². The van der Waals surface area contributed by atoms with Crippen molar-refractivity contribution in [1.82, 2.24) is 14.8 Å². The van der Waals surface area contributed by atoms with Crippen molar-refractivity contribution in [3.05, 3.63) is 11.6 Å². The molecule has 2 heterocycles. The van der Waals surface area contributed by atoms with Crippen molar-refractivity contribution in [2.45, 2.75) is 44.1 Å². The van der Waals surface area contributed by atoms with E-state index in [1.165, 1.54) is 12.8 Å². The fourth-order valence-corrected chi connectivity index (χ4v) is 2.20. The van der Waals surface area contributed by atoms with Crippen LogP contribution in [0.5, 0.6) is 0 Å². The highest BCUT2D eigenvalue weighted by molar-refractivity contribution is 5.60. The van der Waals surface area contributed by atoms with Gasteiger partial charge in [0.2, 0.25) is 0 Å². The molecule has 0 radical (unpaired) electrons. The SMILES string of the molecule is O=CC1CCCn2c1nnc2C1CC1. The molecule has 0 amide bonds. The minimum absolute atomic E-state index is 0.0104. The summed E-state index contributed by atoms with van der Waals surface area (Å²) >= 11 is 0. The van der Waals surface area contributed by atoms with Gasteiger partial charge in [0.25, 0.3) is 0 Å². The molecule has 4 nitrogen and oxygen atoms in total. The van der Waals surface area contributed by atoms with Crippen molar-refractivity contribution in [2.75, 3.05) is 0 Å². The molecular formula is C10H13N3O. The number of hydrogen-bond donors (Lipinski definition) is 0. The lowest BCUT2D eigenvalue weighted by Crippen LogP contribution is -2.18. The van der Waals surface area contributed by atoms with E-state index in [1.807, 2.05) is 0 Å². The van der Waals surface area contributed by atoms with Crippen molar-refractivity contribution in [2.24, 2.45) is 0 Å². The number of carbonyl (C=O) groups excluding carboxylic acids is 1. The Morgan fingerprint density at radius 2 is 2.00 bits per heavy atom. The Balaban J connectivity index is 2.03. The highest BCUT2D eigenvalue weighted by Gasteiger charge is 2.33. The van der Waals surface area contributed by atoms with Crippen molar-refractivity contribution in [3.63, 3.8) is 0 Å². The molecule has 0 N–H and O–H groups in total. The standard InChI is InChI=1S/C10H13N3O/c14-6-8-2-1-5-13-9(7-3-4-7)11-12-10(8)13/h6-8H,1-5H2. The number of aromatic nitrogens is 3. The third-order valence-corrected chi connectivity index (χ3v) is 3.14. The fourth-order valence-electron chi connectivity index (χ4n) is 2.20. The Labute approximate surface area is 82.3 Å². The highest BCUT2D eigenvalue weighted by atomic mass is 16.1. The zero-order chi connectivity index (χ0) is 9.54. The molecule has 3 rings (SSSR count). The molecule has 1 aliphatic heterocycles. The molecule has 0 spiro atoms. The zero-order valence-electron chi connectivity index (χ0n) is 8.02. The maximum absolute atomic E-state index is 10.8. The molecule has 1 fully saturated rings. The average Bonchev–Trinajstić information content (AvgIpc) is 2.97. The van der Waals surface area contributed by atoms with E-state index in [0.29, 0.717) is 5.92 Å². The summed E-state index contributed by atoms with van der Waals surface area (Å²) in [6.07, 6.45) is 5.50. The lowest BCUT2D eigenvalue weighted by Gasteiger charge is -2.19. The zero-order valence-corrected chi connectivity index (χ0v) is 8.02. The number of fused-ring (bicyclic) bond motifs is 1. The largest absolute Gasteiger partial charge is 0.314 e. The first kappa shape index (κ1) is 8.15. The van der Waals surface area contributed by atoms with E-state index in [2.05, 4.69) is 14.8 Å². The molecule has 1 aliphatic carbocycles. The van der Waals surface area contributed by atoms with E-state index in [4.69, 9.17) is 0 Å². The molecule has 2 aliphatic rings. The Morgan fingerprint density at radius 1 is 1.21 bits per heavy atom. The van der Waals surface area contributed by atoms with E-state index in [9.17, 15) is 4.79 Å². The van der Waals surface area contributed by atoms with E-state index >= 15 is 0 Å². The van der Waals surface area contributed by atoms with Crippen LogP contribution in [0.3, 0.4) is 0 Å². The smallest absolute Gasteiger partial charge is 0.143 e. The molecule has 0 aromatic carbocycles. The summed E-state index contributed by atoms with van der Waals surface area (Å²) in [5.41, 5.74) is 0. The van der Waals surface area contributed by atoms with Gasteiger partial charge in [0.05, 0.1) is 5.92 Å². The lowest BCUT2D eigenvalue weighted by atomic mass is 10.0. The number of nitrogens with zero attached hydrogens (tertiary/aromatic N) is 3. The maximum Gasteiger partial charge on any atom is 0.143 e. The second-order valence-corrected chi connectivity index (χ2v) is 4.23. The van der Waals surface area contributed by atoms with Gasteiger partial charge in [-0.15, -0.1) is 10.2 Å². The molecule has 1 aromatic heterocycles. The fraction of sp³-hybridized carbons (Fsp3) is 0.700. The molecule has 1 unspecified atom stereocenters. The van der Waals surface area contributed by atoms with E-state index < -0.39 is 0 Å². The van der Waals surface area contributed by atoms with Crippen LogP contribution in [0.1, 0.15) is 49.2 Å². The molecule has 1 saturated carbocycles. The average molecular weight is 191 g/mol. The van der Waals surface area contributed by atoms with Crippen molar-refractivity contribution in [1.29, 1.82) is 0 Å². The van der Waals surface area contributed by atoms with Crippen LogP contribution in [0, 0.1) is 0 Å².